The van der Waals surface area contributed by atoms with Gasteiger partial charge in [-0.05, 0) is 20.3 Å². The van der Waals surface area contributed by atoms with E-state index in [9.17, 15) is 4.39 Å². The molecule has 0 aliphatic rings. The Bertz CT molecular complexity index is 82.4. The Labute approximate surface area is 50.4 Å². The molecule has 0 saturated carbocycles. The summed E-state index contributed by atoms with van der Waals surface area (Å²) in [4.78, 5) is 0. The lowest BCUT2D eigenvalue weighted by Gasteiger charge is -1.94. The van der Waals surface area contributed by atoms with E-state index in [2.05, 4.69) is 6.92 Å². The van der Waals surface area contributed by atoms with Crippen molar-refractivity contribution in [2.24, 2.45) is 0 Å². The number of allylic oxidation sites excluding steroid dienone is 2. The Kier molecular flexibility index (Phi) is 3.49. The second-order valence-corrected chi connectivity index (χ2v) is 1.88. The van der Waals surface area contributed by atoms with Crippen LogP contribution in [0.2, 0.25) is 0 Å². The highest BCUT2D eigenvalue weighted by Crippen LogP contribution is 2.01. The van der Waals surface area contributed by atoms with Crippen LogP contribution >= 0.6 is 0 Å². The standard InChI is InChI=1S/C7H12F/c1-4-6(2)5-7(3)8/h5,7H,3-4H2,1-2H3/b6-5+. The summed E-state index contributed by atoms with van der Waals surface area (Å²) in [5.74, 6) is 0. The molecular formula is C7H12F. The summed E-state index contributed by atoms with van der Waals surface area (Å²) in [6, 6.07) is 0. The van der Waals surface area contributed by atoms with Crippen LogP contribution < -0.4 is 0 Å². The summed E-state index contributed by atoms with van der Waals surface area (Å²) in [6.07, 6.45) is 1.41. The average molecular weight is 115 g/mol. The van der Waals surface area contributed by atoms with Crippen molar-refractivity contribution >= 4 is 0 Å². The van der Waals surface area contributed by atoms with Gasteiger partial charge in [0.05, 0.1) is 0 Å². The number of rotatable bonds is 2. The van der Waals surface area contributed by atoms with E-state index in [1.807, 2.05) is 13.8 Å². The molecule has 0 fully saturated rings. The van der Waals surface area contributed by atoms with Gasteiger partial charge in [0.15, 0.2) is 0 Å². The SMILES string of the molecule is [CH2]C(F)/C=C(\C)CC. The highest BCUT2D eigenvalue weighted by Gasteiger charge is 1.90. The lowest BCUT2D eigenvalue weighted by atomic mass is 10.2. The van der Waals surface area contributed by atoms with E-state index in [1.54, 1.807) is 0 Å². The molecule has 1 unspecified atom stereocenters. The van der Waals surface area contributed by atoms with Gasteiger partial charge in [-0.15, -0.1) is 0 Å². The minimum absolute atomic E-state index is 0.913. The zero-order chi connectivity index (χ0) is 6.57. The Balaban J connectivity index is 3.56. The molecular weight excluding hydrogens is 103 g/mol. The van der Waals surface area contributed by atoms with Crippen LogP contribution in [-0.4, -0.2) is 6.17 Å². The normalized spacial score (nSPS) is 16.2. The fourth-order valence-electron chi connectivity index (χ4n) is 0.427. The third-order valence-corrected chi connectivity index (χ3v) is 1.02. The van der Waals surface area contributed by atoms with Crippen LogP contribution in [0, 0.1) is 6.92 Å². The highest BCUT2D eigenvalue weighted by atomic mass is 19.1. The highest BCUT2D eigenvalue weighted by molar-refractivity contribution is 5.01. The second-order valence-electron chi connectivity index (χ2n) is 1.88. The van der Waals surface area contributed by atoms with Crippen LogP contribution in [0.4, 0.5) is 4.39 Å². The van der Waals surface area contributed by atoms with Crippen molar-refractivity contribution in [2.45, 2.75) is 26.4 Å². The fourth-order valence-corrected chi connectivity index (χ4v) is 0.427. The Morgan fingerprint density at radius 1 is 1.88 bits per heavy atom. The molecule has 0 aromatic heterocycles. The molecule has 8 heavy (non-hydrogen) atoms. The molecule has 47 valence electrons. The van der Waals surface area contributed by atoms with Crippen molar-refractivity contribution in [3.63, 3.8) is 0 Å². The lowest BCUT2D eigenvalue weighted by Crippen LogP contribution is -1.86. The van der Waals surface area contributed by atoms with Crippen LogP contribution in [0.5, 0.6) is 0 Å². The summed E-state index contributed by atoms with van der Waals surface area (Å²) in [5, 5.41) is 0. The third kappa shape index (κ3) is 3.85. The van der Waals surface area contributed by atoms with Crippen molar-refractivity contribution in [2.75, 3.05) is 0 Å². The number of halogens is 1. The predicted octanol–water partition coefficient (Wildman–Crippen LogP) is 2.51. The molecule has 0 rings (SSSR count). The van der Waals surface area contributed by atoms with Crippen LogP contribution in [0.3, 0.4) is 0 Å². The van der Waals surface area contributed by atoms with Crippen LogP contribution in [0.1, 0.15) is 20.3 Å². The molecule has 0 aromatic rings. The van der Waals surface area contributed by atoms with Gasteiger partial charge in [0.2, 0.25) is 0 Å². The molecule has 0 nitrogen and oxygen atoms in total. The van der Waals surface area contributed by atoms with Crippen molar-refractivity contribution in [3.05, 3.63) is 18.6 Å². The first-order valence-electron chi connectivity index (χ1n) is 2.81. The van der Waals surface area contributed by atoms with Crippen LogP contribution in [0.15, 0.2) is 11.6 Å². The second kappa shape index (κ2) is 3.65. The fraction of sp³-hybridized carbons (Fsp3) is 0.571. The maximum Gasteiger partial charge on any atom is 0.119 e. The summed E-state index contributed by atoms with van der Waals surface area (Å²) in [6.45, 7) is 7.08. The van der Waals surface area contributed by atoms with E-state index in [4.69, 9.17) is 0 Å². The van der Waals surface area contributed by atoms with Gasteiger partial charge in [-0.1, -0.05) is 18.6 Å². The van der Waals surface area contributed by atoms with E-state index in [0.29, 0.717) is 0 Å². The summed E-state index contributed by atoms with van der Waals surface area (Å²) < 4.78 is 12.0. The van der Waals surface area contributed by atoms with Crippen LogP contribution in [-0.2, 0) is 0 Å². The maximum atomic E-state index is 12.0. The zero-order valence-corrected chi connectivity index (χ0v) is 5.45. The monoisotopic (exact) mass is 115 g/mol. The smallest absolute Gasteiger partial charge is 0.119 e. The molecule has 0 N–H and O–H groups in total. The van der Waals surface area contributed by atoms with Gasteiger partial charge in [0.1, 0.15) is 6.17 Å². The van der Waals surface area contributed by atoms with Crippen molar-refractivity contribution in [1.82, 2.24) is 0 Å². The molecule has 1 radical (unpaired) electrons. The third-order valence-electron chi connectivity index (χ3n) is 1.02. The average Bonchev–Trinajstić information content (AvgIpc) is 1.65. The summed E-state index contributed by atoms with van der Waals surface area (Å²) >= 11 is 0. The number of hydrogen-bond acceptors (Lipinski definition) is 0. The molecule has 0 aromatic carbocycles. The summed E-state index contributed by atoms with van der Waals surface area (Å²) in [5.41, 5.74) is 1.06. The summed E-state index contributed by atoms with van der Waals surface area (Å²) in [7, 11) is 0. The first-order chi connectivity index (χ1) is 3.66. The molecule has 0 saturated heterocycles. The topological polar surface area (TPSA) is 0 Å². The number of hydrogen-bond donors (Lipinski definition) is 0. The van der Waals surface area contributed by atoms with E-state index in [-0.39, 0.29) is 0 Å². The van der Waals surface area contributed by atoms with E-state index < -0.39 is 6.17 Å². The molecule has 0 aliphatic heterocycles. The van der Waals surface area contributed by atoms with Gasteiger partial charge in [0.25, 0.3) is 0 Å². The molecule has 0 spiro atoms. The molecule has 0 heterocycles. The Hall–Kier alpha value is -0.330. The zero-order valence-electron chi connectivity index (χ0n) is 5.45. The number of alkyl halides is 1. The van der Waals surface area contributed by atoms with Crippen LogP contribution in [0.25, 0.3) is 0 Å². The molecule has 1 heteroatoms. The van der Waals surface area contributed by atoms with Crippen molar-refractivity contribution in [3.8, 4) is 0 Å². The van der Waals surface area contributed by atoms with Gasteiger partial charge >= 0.3 is 0 Å². The predicted molar refractivity (Wildman–Crippen MR) is 34.3 cm³/mol. The van der Waals surface area contributed by atoms with Crippen molar-refractivity contribution < 1.29 is 4.39 Å². The van der Waals surface area contributed by atoms with Gasteiger partial charge in [-0.25, -0.2) is 4.39 Å². The minimum Gasteiger partial charge on any atom is -0.243 e. The van der Waals surface area contributed by atoms with E-state index in [1.165, 1.54) is 6.08 Å². The first kappa shape index (κ1) is 7.67. The van der Waals surface area contributed by atoms with E-state index in [0.717, 1.165) is 12.0 Å². The molecule has 0 amide bonds. The van der Waals surface area contributed by atoms with Crippen molar-refractivity contribution in [1.29, 1.82) is 0 Å². The minimum atomic E-state index is -1.03. The molecule has 0 aliphatic carbocycles. The Morgan fingerprint density at radius 3 is 2.50 bits per heavy atom. The lowest BCUT2D eigenvalue weighted by molar-refractivity contribution is 0.464. The van der Waals surface area contributed by atoms with Gasteiger partial charge in [-0.3, -0.25) is 0 Å². The van der Waals surface area contributed by atoms with Gasteiger partial charge in [0, 0.05) is 0 Å². The maximum absolute atomic E-state index is 12.0. The largest absolute Gasteiger partial charge is 0.243 e. The van der Waals surface area contributed by atoms with E-state index >= 15 is 0 Å². The molecule has 1 atom stereocenters. The first-order valence-corrected chi connectivity index (χ1v) is 2.81. The van der Waals surface area contributed by atoms with Gasteiger partial charge in [-0.2, -0.15) is 0 Å². The molecule has 0 bridgehead atoms. The quantitative estimate of drug-likeness (QED) is 0.485. The Morgan fingerprint density at radius 2 is 2.38 bits per heavy atom. The van der Waals surface area contributed by atoms with Gasteiger partial charge < -0.3 is 0 Å².